The molecule has 132 valence electrons. The zero-order valence-electron chi connectivity index (χ0n) is 14.4. The highest BCUT2D eigenvalue weighted by Gasteiger charge is 2.56. The summed E-state index contributed by atoms with van der Waals surface area (Å²) in [5, 5.41) is 12.4. The van der Waals surface area contributed by atoms with E-state index in [1.807, 2.05) is 11.8 Å². The Morgan fingerprint density at radius 3 is 2.83 bits per heavy atom. The molecule has 24 heavy (non-hydrogen) atoms. The number of fused-ring (bicyclic) bond motifs is 1. The van der Waals surface area contributed by atoms with Crippen LogP contribution in [0.5, 0.6) is 0 Å². The summed E-state index contributed by atoms with van der Waals surface area (Å²) in [6.45, 7) is 4.19. The molecule has 0 aromatic carbocycles. The van der Waals surface area contributed by atoms with Crippen molar-refractivity contribution in [3.63, 3.8) is 0 Å². The van der Waals surface area contributed by atoms with Crippen LogP contribution < -0.4 is 0 Å². The summed E-state index contributed by atoms with van der Waals surface area (Å²) in [5.74, 6) is 0.200. The molecular formula is C19H27NO3S. The molecule has 1 aliphatic heterocycles. The summed E-state index contributed by atoms with van der Waals surface area (Å²) < 4.78 is 5.82. The molecule has 2 atom stereocenters. The standard InChI is InChI=1S/C19H27NO3S/c1-2-23-17-11-16(21)19(17)7-9-20(10-8-19)18(22)14-12-24-15-6-4-3-5-13(14)15/h12,16-17,21H,2-11H2,1H3. The van der Waals surface area contributed by atoms with E-state index in [0.717, 1.165) is 50.8 Å². The first-order chi connectivity index (χ1) is 11.7. The smallest absolute Gasteiger partial charge is 0.254 e. The first-order valence-electron chi connectivity index (χ1n) is 9.34. The lowest BCUT2D eigenvalue weighted by Crippen LogP contribution is -2.62. The van der Waals surface area contributed by atoms with Crippen LogP contribution in [-0.4, -0.2) is 47.8 Å². The highest BCUT2D eigenvalue weighted by molar-refractivity contribution is 7.10. The zero-order valence-corrected chi connectivity index (χ0v) is 15.2. The van der Waals surface area contributed by atoms with Crippen molar-refractivity contribution in [3.05, 3.63) is 21.4 Å². The predicted octanol–water partition coefficient (Wildman–Crippen LogP) is 3.02. The lowest BCUT2D eigenvalue weighted by Gasteiger charge is -2.56. The minimum Gasteiger partial charge on any atom is -0.392 e. The summed E-state index contributed by atoms with van der Waals surface area (Å²) in [6, 6.07) is 0. The Bertz CT molecular complexity index is 616. The van der Waals surface area contributed by atoms with Gasteiger partial charge in [-0.15, -0.1) is 11.3 Å². The zero-order chi connectivity index (χ0) is 16.7. The van der Waals surface area contributed by atoms with Crippen LogP contribution in [0.15, 0.2) is 5.38 Å². The number of hydrogen-bond acceptors (Lipinski definition) is 4. The van der Waals surface area contributed by atoms with Crippen LogP contribution in [0.1, 0.15) is 59.8 Å². The molecule has 5 heteroatoms. The van der Waals surface area contributed by atoms with E-state index in [2.05, 4.69) is 5.38 Å². The van der Waals surface area contributed by atoms with Crippen molar-refractivity contribution in [3.8, 4) is 0 Å². The van der Waals surface area contributed by atoms with Gasteiger partial charge in [-0.3, -0.25) is 4.79 Å². The number of amides is 1. The third kappa shape index (κ3) is 2.52. The minimum absolute atomic E-state index is 0.110. The Morgan fingerprint density at radius 1 is 1.38 bits per heavy atom. The molecule has 2 fully saturated rings. The van der Waals surface area contributed by atoms with Crippen molar-refractivity contribution in [2.45, 2.75) is 64.1 Å². The monoisotopic (exact) mass is 349 g/mol. The van der Waals surface area contributed by atoms with Gasteiger partial charge in [0.1, 0.15) is 0 Å². The van der Waals surface area contributed by atoms with Crippen molar-refractivity contribution < 1.29 is 14.6 Å². The summed E-state index contributed by atoms with van der Waals surface area (Å²) in [4.78, 5) is 16.4. The number of aryl methyl sites for hydroxylation is 1. The number of likely N-dealkylation sites (tertiary alicyclic amines) is 1. The number of carbonyl (C=O) groups excluding carboxylic acids is 1. The molecule has 2 aliphatic carbocycles. The van der Waals surface area contributed by atoms with Crippen molar-refractivity contribution in [2.24, 2.45) is 5.41 Å². The third-order valence-electron chi connectivity index (χ3n) is 6.38. The maximum absolute atomic E-state index is 13.0. The number of aliphatic hydroxyl groups excluding tert-OH is 1. The van der Waals surface area contributed by atoms with Crippen molar-refractivity contribution in [1.29, 1.82) is 0 Å². The number of carbonyl (C=O) groups is 1. The topological polar surface area (TPSA) is 49.8 Å². The molecule has 1 saturated carbocycles. The number of hydrogen-bond donors (Lipinski definition) is 1. The van der Waals surface area contributed by atoms with Crippen LogP contribution in [0.4, 0.5) is 0 Å². The Balaban J connectivity index is 1.44. The Kier molecular flexibility index (Phi) is 4.43. The van der Waals surface area contributed by atoms with Gasteiger partial charge in [-0.2, -0.15) is 0 Å². The molecule has 1 spiro atoms. The molecule has 1 saturated heterocycles. The maximum Gasteiger partial charge on any atom is 0.254 e. The highest BCUT2D eigenvalue weighted by Crippen LogP contribution is 2.51. The summed E-state index contributed by atoms with van der Waals surface area (Å²) in [5.41, 5.74) is 2.15. The average molecular weight is 349 g/mol. The lowest BCUT2D eigenvalue weighted by atomic mass is 9.58. The number of rotatable bonds is 3. The van der Waals surface area contributed by atoms with E-state index in [1.54, 1.807) is 11.3 Å². The van der Waals surface area contributed by atoms with Crippen molar-refractivity contribution >= 4 is 17.2 Å². The molecule has 3 aliphatic rings. The molecule has 2 heterocycles. The molecule has 4 nitrogen and oxygen atoms in total. The normalized spacial score (nSPS) is 28.5. The van der Waals surface area contributed by atoms with Gasteiger partial charge in [-0.1, -0.05) is 0 Å². The number of nitrogens with zero attached hydrogens (tertiary/aromatic N) is 1. The second kappa shape index (κ2) is 6.43. The molecule has 4 rings (SSSR count). The SMILES string of the molecule is CCOC1CC(O)C12CCN(C(=O)c1csc3c1CCCC3)CC2. The number of thiophene rings is 1. The molecule has 1 amide bonds. The van der Waals surface area contributed by atoms with Gasteiger partial charge in [-0.25, -0.2) is 0 Å². The van der Waals surface area contributed by atoms with Crippen LogP contribution in [0.3, 0.4) is 0 Å². The number of ether oxygens (including phenoxy) is 1. The Hall–Kier alpha value is -0.910. The van der Waals surface area contributed by atoms with E-state index in [1.165, 1.54) is 23.3 Å². The van der Waals surface area contributed by atoms with Crippen LogP contribution in [-0.2, 0) is 17.6 Å². The van der Waals surface area contributed by atoms with Crippen molar-refractivity contribution in [1.82, 2.24) is 4.90 Å². The quantitative estimate of drug-likeness (QED) is 0.912. The first kappa shape index (κ1) is 16.6. The Labute approximate surface area is 147 Å². The van der Waals surface area contributed by atoms with E-state index in [0.29, 0.717) is 6.61 Å². The van der Waals surface area contributed by atoms with Gasteiger partial charge in [0.2, 0.25) is 0 Å². The van der Waals surface area contributed by atoms with Crippen LogP contribution in [0.25, 0.3) is 0 Å². The third-order valence-corrected chi connectivity index (χ3v) is 7.47. The van der Waals surface area contributed by atoms with E-state index in [-0.39, 0.29) is 23.5 Å². The molecule has 0 radical (unpaired) electrons. The van der Waals surface area contributed by atoms with Gasteiger partial charge in [-0.05, 0) is 51.0 Å². The van der Waals surface area contributed by atoms with Crippen molar-refractivity contribution in [2.75, 3.05) is 19.7 Å². The lowest BCUT2D eigenvalue weighted by molar-refractivity contribution is -0.207. The minimum atomic E-state index is -0.264. The number of aliphatic hydroxyl groups is 1. The predicted molar refractivity (Wildman–Crippen MR) is 94.6 cm³/mol. The molecule has 1 aromatic heterocycles. The molecule has 2 unspecified atom stereocenters. The van der Waals surface area contributed by atoms with Crippen LogP contribution >= 0.6 is 11.3 Å². The second-order valence-electron chi connectivity index (χ2n) is 7.48. The van der Waals surface area contributed by atoms with E-state index in [9.17, 15) is 9.90 Å². The summed E-state index contributed by atoms with van der Waals surface area (Å²) in [7, 11) is 0. The van der Waals surface area contributed by atoms with Gasteiger partial charge < -0.3 is 14.7 Å². The molecular weight excluding hydrogens is 322 g/mol. The van der Waals surface area contributed by atoms with Gasteiger partial charge >= 0.3 is 0 Å². The fraction of sp³-hybridized carbons (Fsp3) is 0.737. The Morgan fingerprint density at radius 2 is 2.12 bits per heavy atom. The first-order valence-corrected chi connectivity index (χ1v) is 10.2. The second-order valence-corrected chi connectivity index (χ2v) is 8.44. The van der Waals surface area contributed by atoms with Crippen LogP contribution in [0.2, 0.25) is 0 Å². The molecule has 1 N–H and O–H groups in total. The molecule has 0 bridgehead atoms. The number of piperidine rings is 1. The highest BCUT2D eigenvalue weighted by atomic mass is 32.1. The summed E-state index contributed by atoms with van der Waals surface area (Å²) in [6.07, 6.45) is 7.03. The van der Waals surface area contributed by atoms with Gasteiger partial charge in [0.15, 0.2) is 0 Å². The summed E-state index contributed by atoms with van der Waals surface area (Å²) >= 11 is 1.76. The van der Waals surface area contributed by atoms with Crippen LogP contribution in [0, 0.1) is 5.41 Å². The molecule has 1 aromatic rings. The van der Waals surface area contributed by atoms with E-state index >= 15 is 0 Å². The average Bonchev–Trinajstić information content (AvgIpc) is 3.05. The fourth-order valence-electron chi connectivity index (χ4n) is 4.79. The maximum atomic E-state index is 13.0. The van der Waals surface area contributed by atoms with E-state index in [4.69, 9.17) is 4.74 Å². The van der Waals surface area contributed by atoms with Gasteiger partial charge in [0.05, 0.1) is 17.8 Å². The largest absolute Gasteiger partial charge is 0.392 e. The van der Waals surface area contributed by atoms with E-state index < -0.39 is 0 Å². The fourth-order valence-corrected chi connectivity index (χ4v) is 5.91. The van der Waals surface area contributed by atoms with Gasteiger partial charge in [0.25, 0.3) is 5.91 Å². The van der Waals surface area contributed by atoms with Gasteiger partial charge in [0, 0.05) is 41.8 Å².